The molecule has 0 aromatic carbocycles. The number of aromatic nitrogens is 2. The van der Waals surface area contributed by atoms with E-state index >= 15 is 0 Å². The van der Waals surface area contributed by atoms with Gasteiger partial charge in [-0.2, -0.15) is 5.10 Å². The molecular formula is C12H17N3O3. The summed E-state index contributed by atoms with van der Waals surface area (Å²) in [4.78, 5) is 22.8. The number of aromatic carboxylic acids is 1. The molecule has 1 aromatic rings. The lowest BCUT2D eigenvalue weighted by Crippen LogP contribution is -2.32. The minimum absolute atomic E-state index is 0.151. The van der Waals surface area contributed by atoms with Gasteiger partial charge in [-0.3, -0.25) is 9.48 Å². The van der Waals surface area contributed by atoms with Gasteiger partial charge in [-0.15, -0.1) is 6.58 Å². The van der Waals surface area contributed by atoms with E-state index in [2.05, 4.69) is 17.0 Å². The van der Waals surface area contributed by atoms with E-state index in [4.69, 9.17) is 5.11 Å². The molecule has 6 nitrogen and oxygen atoms in total. The fraction of sp³-hybridized carbons (Fsp3) is 0.417. The Bertz CT molecular complexity index is 491. The Balaban J connectivity index is 3.03. The van der Waals surface area contributed by atoms with Crippen LogP contribution in [0.5, 0.6) is 0 Å². The van der Waals surface area contributed by atoms with Crippen LogP contribution in [0.25, 0.3) is 0 Å². The molecule has 0 aliphatic carbocycles. The predicted octanol–water partition coefficient (Wildman–Crippen LogP) is 1.06. The van der Waals surface area contributed by atoms with E-state index in [-0.39, 0.29) is 11.5 Å². The maximum absolute atomic E-state index is 11.8. The molecule has 98 valence electrons. The van der Waals surface area contributed by atoms with E-state index in [9.17, 15) is 9.59 Å². The molecule has 0 saturated heterocycles. The number of hydrogen-bond acceptors (Lipinski definition) is 3. The summed E-state index contributed by atoms with van der Waals surface area (Å²) in [5.74, 6) is -1.26. The molecule has 0 aliphatic heterocycles. The largest absolute Gasteiger partial charge is 0.478 e. The summed E-state index contributed by atoms with van der Waals surface area (Å²) in [5.41, 5.74) is 1.03. The van der Waals surface area contributed by atoms with Gasteiger partial charge in [0.15, 0.2) is 0 Å². The molecule has 0 spiro atoms. The van der Waals surface area contributed by atoms with Crippen molar-refractivity contribution >= 4 is 11.9 Å². The molecule has 0 bridgehead atoms. The number of carboxylic acid groups (broad SMARTS) is 1. The van der Waals surface area contributed by atoms with Gasteiger partial charge < -0.3 is 10.4 Å². The van der Waals surface area contributed by atoms with Gasteiger partial charge in [-0.1, -0.05) is 6.08 Å². The lowest BCUT2D eigenvalue weighted by atomic mass is 10.2. The molecule has 6 heteroatoms. The molecule has 0 saturated carbocycles. The van der Waals surface area contributed by atoms with Crippen molar-refractivity contribution in [1.82, 2.24) is 15.1 Å². The number of rotatable bonds is 5. The fourth-order valence-corrected chi connectivity index (χ4v) is 1.78. The van der Waals surface area contributed by atoms with Crippen LogP contribution in [-0.2, 0) is 4.79 Å². The van der Waals surface area contributed by atoms with E-state index in [1.807, 2.05) is 0 Å². The molecule has 1 unspecified atom stereocenters. The molecule has 0 aliphatic rings. The normalized spacial score (nSPS) is 11.9. The van der Waals surface area contributed by atoms with Gasteiger partial charge in [0.05, 0.1) is 11.4 Å². The first-order valence-electron chi connectivity index (χ1n) is 5.57. The van der Waals surface area contributed by atoms with Crippen molar-refractivity contribution in [3.05, 3.63) is 29.6 Å². The second-order valence-electron chi connectivity index (χ2n) is 4.01. The third-order valence-corrected chi connectivity index (χ3v) is 2.71. The summed E-state index contributed by atoms with van der Waals surface area (Å²) in [6, 6.07) is -0.559. The van der Waals surface area contributed by atoms with Crippen LogP contribution in [0, 0.1) is 13.8 Å². The molecule has 1 atom stereocenters. The second kappa shape index (κ2) is 5.48. The number of amides is 1. The average molecular weight is 251 g/mol. The first-order valence-corrected chi connectivity index (χ1v) is 5.57. The molecule has 1 aromatic heterocycles. The zero-order chi connectivity index (χ0) is 13.9. The maximum atomic E-state index is 11.8. The molecule has 18 heavy (non-hydrogen) atoms. The molecule has 0 radical (unpaired) electrons. The van der Waals surface area contributed by atoms with Gasteiger partial charge in [-0.25, -0.2) is 4.79 Å². The first kappa shape index (κ1) is 14.0. The molecule has 1 heterocycles. The van der Waals surface area contributed by atoms with Gasteiger partial charge in [0.2, 0.25) is 5.91 Å². The highest BCUT2D eigenvalue weighted by molar-refractivity contribution is 5.90. The summed E-state index contributed by atoms with van der Waals surface area (Å²) in [7, 11) is 0. The number of carbonyl (C=O) groups excluding carboxylic acids is 1. The lowest BCUT2D eigenvalue weighted by molar-refractivity contribution is -0.123. The van der Waals surface area contributed by atoms with Crippen LogP contribution in [0.4, 0.5) is 0 Å². The topological polar surface area (TPSA) is 84.2 Å². The van der Waals surface area contributed by atoms with Gasteiger partial charge >= 0.3 is 5.97 Å². The van der Waals surface area contributed by atoms with Crippen LogP contribution >= 0.6 is 0 Å². The Kier molecular flexibility index (Phi) is 4.25. The van der Waals surface area contributed by atoms with Crippen molar-refractivity contribution in [2.45, 2.75) is 26.8 Å². The van der Waals surface area contributed by atoms with Crippen LogP contribution in [0.2, 0.25) is 0 Å². The standard InChI is InChI=1S/C12H17N3O3/c1-5-6-13-11(16)9(4)15-8(3)10(12(17)18)7(2)14-15/h5,9H,1,6H2,2-4H3,(H,13,16)(H,17,18). The van der Waals surface area contributed by atoms with Gasteiger partial charge in [0.1, 0.15) is 11.6 Å². The Morgan fingerprint density at radius 2 is 2.17 bits per heavy atom. The van der Waals surface area contributed by atoms with Gasteiger partial charge in [0.25, 0.3) is 0 Å². The smallest absolute Gasteiger partial charge is 0.339 e. The summed E-state index contributed by atoms with van der Waals surface area (Å²) in [6.45, 7) is 8.80. The zero-order valence-electron chi connectivity index (χ0n) is 10.7. The monoisotopic (exact) mass is 251 g/mol. The number of nitrogens with zero attached hydrogens (tertiary/aromatic N) is 2. The van der Waals surface area contributed by atoms with Crippen molar-refractivity contribution < 1.29 is 14.7 Å². The summed E-state index contributed by atoms with van der Waals surface area (Å²) >= 11 is 0. The summed E-state index contributed by atoms with van der Waals surface area (Å²) in [5, 5.41) is 15.8. The zero-order valence-corrected chi connectivity index (χ0v) is 10.7. The van der Waals surface area contributed by atoms with Crippen LogP contribution in [0.15, 0.2) is 12.7 Å². The van der Waals surface area contributed by atoms with E-state index in [1.165, 1.54) is 4.68 Å². The van der Waals surface area contributed by atoms with Crippen molar-refractivity contribution in [2.75, 3.05) is 6.54 Å². The third-order valence-electron chi connectivity index (χ3n) is 2.71. The molecule has 1 amide bonds. The Morgan fingerprint density at radius 1 is 1.56 bits per heavy atom. The Hall–Kier alpha value is -2.11. The van der Waals surface area contributed by atoms with Crippen LogP contribution in [0.3, 0.4) is 0 Å². The molecule has 0 fully saturated rings. The SMILES string of the molecule is C=CCNC(=O)C(C)n1nc(C)c(C(=O)O)c1C. The summed E-state index contributed by atoms with van der Waals surface area (Å²) in [6.07, 6.45) is 1.58. The molecule has 2 N–H and O–H groups in total. The fourth-order valence-electron chi connectivity index (χ4n) is 1.78. The Labute approximate surface area is 105 Å². The second-order valence-corrected chi connectivity index (χ2v) is 4.01. The number of nitrogens with one attached hydrogen (secondary N) is 1. The molecular weight excluding hydrogens is 234 g/mol. The maximum Gasteiger partial charge on any atom is 0.339 e. The first-order chi connectivity index (χ1) is 8.40. The van der Waals surface area contributed by atoms with E-state index < -0.39 is 12.0 Å². The highest BCUT2D eigenvalue weighted by atomic mass is 16.4. The highest BCUT2D eigenvalue weighted by Crippen LogP contribution is 2.17. The minimum Gasteiger partial charge on any atom is -0.478 e. The lowest BCUT2D eigenvalue weighted by Gasteiger charge is -2.13. The minimum atomic E-state index is -1.03. The quantitative estimate of drug-likeness (QED) is 0.766. The van der Waals surface area contributed by atoms with Crippen molar-refractivity contribution in [3.8, 4) is 0 Å². The third kappa shape index (κ3) is 2.58. The highest BCUT2D eigenvalue weighted by Gasteiger charge is 2.23. The van der Waals surface area contributed by atoms with E-state index in [1.54, 1.807) is 26.8 Å². The molecule has 1 rings (SSSR count). The number of carboxylic acids is 1. The van der Waals surface area contributed by atoms with Crippen LogP contribution < -0.4 is 5.32 Å². The van der Waals surface area contributed by atoms with Crippen LogP contribution in [-0.4, -0.2) is 33.3 Å². The van der Waals surface area contributed by atoms with Crippen molar-refractivity contribution in [3.63, 3.8) is 0 Å². The van der Waals surface area contributed by atoms with Gasteiger partial charge in [0, 0.05) is 6.54 Å². The summed E-state index contributed by atoms with van der Waals surface area (Å²) < 4.78 is 1.43. The number of carbonyl (C=O) groups is 2. The van der Waals surface area contributed by atoms with Crippen molar-refractivity contribution in [1.29, 1.82) is 0 Å². The average Bonchev–Trinajstić information content (AvgIpc) is 2.60. The number of aryl methyl sites for hydroxylation is 1. The van der Waals surface area contributed by atoms with Crippen LogP contribution in [0.1, 0.15) is 34.7 Å². The Morgan fingerprint density at radius 3 is 2.61 bits per heavy atom. The number of hydrogen-bond donors (Lipinski definition) is 2. The van der Waals surface area contributed by atoms with E-state index in [0.717, 1.165) is 0 Å². The predicted molar refractivity (Wildman–Crippen MR) is 66.6 cm³/mol. The van der Waals surface area contributed by atoms with E-state index in [0.29, 0.717) is 17.9 Å². The van der Waals surface area contributed by atoms with Gasteiger partial charge in [-0.05, 0) is 20.8 Å². The van der Waals surface area contributed by atoms with Crippen molar-refractivity contribution in [2.24, 2.45) is 0 Å².